The maximum Gasteiger partial charge on any atom is 0.174 e. The van der Waals surface area contributed by atoms with Crippen molar-refractivity contribution in [2.24, 2.45) is 0 Å². The molecule has 0 aliphatic rings. The molecule has 21 heavy (non-hydrogen) atoms. The van der Waals surface area contributed by atoms with E-state index in [-0.39, 0.29) is 17.8 Å². The number of hydrogen-bond donors (Lipinski definition) is 0. The van der Waals surface area contributed by atoms with E-state index in [1.807, 2.05) is 0 Å². The summed E-state index contributed by atoms with van der Waals surface area (Å²) in [4.78, 5) is 12.5. The standard InChI is InChI=1S/C16H14ClFO3/c1-20-14-4-3-5-15(21-2)16(14)13(19)8-10-6-7-11(17)9-12(10)18/h3-7,9H,8H2,1-2H3. The lowest BCUT2D eigenvalue weighted by molar-refractivity contribution is 0.0985. The Kier molecular flexibility index (Phi) is 4.81. The van der Waals surface area contributed by atoms with Crippen LogP contribution in [-0.4, -0.2) is 20.0 Å². The van der Waals surface area contributed by atoms with Crippen molar-refractivity contribution in [1.29, 1.82) is 0 Å². The van der Waals surface area contributed by atoms with E-state index in [9.17, 15) is 9.18 Å². The molecule has 3 nitrogen and oxygen atoms in total. The first-order valence-corrected chi connectivity index (χ1v) is 6.62. The molecule has 0 aliphatic heterocycles. The van der Waals surface area contributed by atoms with Gasteiger partial charge in [0.15, 0.2) is 5.78 Å². The van der Waals surface area contributed by atoms with Gasteiger partial charge in [0.25, 0.3) is 0 Å². The molecule has 0 saturated heterocycles. The highest BCUT2D eigenvalue weighted by Crippen LogP contribution is 2.30. The van der Waals surface area contributed by atoms with E-state index < -0.39 is 5.82 Å². The van der Waals surface area contributed by atoms with Crippen molar-refractivity contribution in [3.63, 3.8) is 0 Å². The van der Waals surface area contributed by atoms with Crippen LogP contribution in [0.5, 0.6) is 11.5 Å². The van der Waals surface area contributed by atoms with Crippen molar-refractivity contribution in [2.45, 2.75) is 6.42 Å². The predicted octanol–water partition coefficient (Wildman–Crippen LogP) is 3.92. The molecule has 0 radical (unpaired) electrons. The van der Waals surface area contributed by atoms with Crippen LogP contribution in [0.3, 0.4) is 0 Å². The molecule has 0 aliphatic carbocycles. The van der Waals surface area contributed by atoms with E-state index in [4.69, 9.17) is 21.1 Å². The SMILES string of the molecule is COc1cccc(OC)c1C(=O)Cc1ccc(Cl)cc1F. The van der Waals surface area contributed by atoms with Crippen LogP contribution in [0.25, 0.3) is 0 Å². The molecular weight excluding hydrogens is 295 g/mol. The number of ether oxygens (including phenoxy) is 2. The third kappa shape index (κ3) is 3.34. The molecule has 0 unspecified atom stereocenters. The lowest BCUT2D eigenvalue weighted by Crippen LogP contribution is -2.09. The van der Waals surface area contributed by atoms with Gasteiger partial charge in [-0.2, -0.15) is 0 Å². The van der Waals surface area contributed by atoms with Gasteiger partial charge < -0.3 is 9.47 Å². The smallest absolute Gasteiger partial charge is 0.174 e. The van der Waals surface area contributed by atoms with Crippen LogP contribution in [0.15, 0.2) is 36.4 Å². The van der Waals surface area contributed by atoms with Gasteiger partial charge >= 0.3 is 0 Å². The minimum Gasteiger partial charge on any atom is -0.496 e. The predicted molar refractivity (Wildman–Crippen MR) is 79.0 cm³/mol. The average molecular weight is 309 g/mol. The fourth-order valence-corrected chi connectivity index (χ4v) is 2.21. The summed E-state index contributed by atoms with van der Waals surface area (Å²) in [6, 6.07) is 9.27. The second-order valence-electron chi connectivity index (χ2n) is 4.37. The molecule has 0 amide bonds. The van der Waals surface area contributed by atoms with Crippen LogP contribution in [0.2, 0.25) is 5.02 Å². The molecule has 0 aromatic heterocycles. The highest BCUT2D eigenvalue weighted by atomic mass is 35.5. The van der Waals surface area contributed by atoms with Crippen molar-refractivity contribution in [2.75, 3.05) is 14.2 Å². The van der Waals surface area contributed by atoms with Crippen LogP contribution in [0.1, 0.15) is 15.9 Å². The second-order valence-corrected chi connectivity index (χ2v) is 4.81. The zero-order chi connectivity index (χ0) is 15.4. The summed E-state index contributed by atoms with van der Waals surface area (Å²) in [5, 5.41) is 0.290. The largest absolute Gasteiger partial charge is 0.496 e. The number of methoxy groups -OCH3 is 2. The Morgan fingerprint density at radius 1 is 1.14 bits per heavy atom. The number of carbonyl (C=O) groups is 1. The first-order chi connectivity index (χ1) is 10.1. The zero-order valence-electron chi connectivity index (χ0n) is 11.7. The second kappa shape index (κ2) is 6.59. The Labute approximate surface area is 127 Å². The van der Waals surface area contributed by atoms with Gasteiger partial charge in [-0.05, 0) is 29.8 Å². The first kappa shape index (κ1) is 15.3. The minimum atomic E-state index is -0.510. The Morgan fingerprint density at radius 2 is 1.76 bits per heavy atom. The van der Waals surface area contributed by atoms with Gasteiger partial charge in [0.05, 0.1) is 14.2 Å². The van der Waals surface area contributed by atoms with Crippen LogP contribution < -0.4 is 9.47 Å². The maximum atomic E-state index is 13.8. The van der Waals surface area contributed by atoms with Crippen molar-refractivity contribution in [3.05, 3.63) is 58.4 Å². The van der Waals surface area contributed by atoms with E-state index >= 15 is 0 Å². The third-order valence-corrected chi connectivity index (χ3v) is 3.31. The molecule has 2 rings (SSSR count). The molecule has 0 bridgehead atoms. The van der Waals surface area contributed by atoms with Gasteiger partial charge in [-0.25, -0.2) is 4.39 Å². The average Bonchev–Trinajstić information content (AvgIpc) is 2.49. The summed E-state index contributed by atoms with van der Waals surface area (Å²) in [6.07, 6.45) is -0.0975. The number of ketones is 1. The molecule has 110 valence electrons. The molecule has 0 atom stereocenters. The Morgan fingerprint density at radius 3 is 2.29 bits per heavy atom. The van der Waals surface area contributed by atoms with Crippen LogP contribution in [0.4, 0.5) is 4.39 Å². The molecule has 0 fully saturated rings. The van der Waals surface area contributed by atoms with Crippen molar-refractivity contribution >= 4 is 17.4 Å². The summed E-state index contributed by atoms with van der Waals surface area (Å²) < 4.78 is 24.2. The molecule has 2 aromatic carbocycles. The van der Waals surface area contributed by atoms with Gasteiger partial charge in [-0.3, -0.25) is 4.79 Å². The molecular formula is C16H14ClFO3. The molecule has 0 saturated carbocycles. The summed E-state index contributed by atoms with van der Waals surface area (Å²) in [5.74, 6) is -0.00215. The Balaban J connectivity index is 2.36. The highest BCUT2D eigenvalue weighted by molar-refractivity contribution is 6.30. The van der Waals surface area contributed by atoms with Crippen molar-refractivity contribution in [1.82, 2.24) is 0 Å². The number of hydrogen-bond acceptors (Lipinski definition) is 3. The molecule has 5 heteroatoms. The monoisotopic (exact) mass is 308 g/mol. The third-order valence-electron chi connectivity index (χ3n) is 3.07. The highest BCUT2D eigenvalue weighted by Gasteiger charge is 2.19. The van der Waals surface area contributed by atoms with Crippen molar-refractivity contribution < 1.29 is 18.7 Å². The summed E-state index contributed by atoms with van der Waals surface area (Å²) >= 11 is 5.70. The van der Waals surface area contributed by atoms with Gasteiger partial charge in [0, 0.05) is 11.4 Å². The van der Waals surface area contributed by atoms with Gasteiger partial charge in [-0.1, -0.05) is 23.7 Å². The summed E-state index contributed by atoms with van der Waals surface area (Å²) in [7, 11) is 2.93. The van der Waals surface area contributed by atoms with E-state index in [1.165, 1.54) is 26.4 Å². The lowest BCUT2D eigenvalue weighted by Gasteiger charge is -2.12. The topological polar surface area (TPSA) is 35.5 Å². The Hall–Kier alpha value is -2.07. The lowest BCUT2D eigenvalue weighted by atomic mass is 10.0. The maximum absolute atomic E-state index is 13.8. The van der Waals surface area contributed by atoms with Gasteiger partial charge in [-0.15, -0.1) is 0 Å². The van der Waals surface area contributed by atoms with E-state index in [0.717, 1.165) is 0 Å². The minimum absolute atomic E-state index is 0.0975. The van der Waals surface area contributed by atoms with Crippen LogP contribution >= 0.6 is 11.6 Å². The van der Waals surface area contributed by atoms with Gasteiger partial charge in [0.2, 0.25) is 0 Å². The fraction of sp³-hybridized carbons (Fsp3) is 0.188. The summed E-state index contributed by atoms with van der Waals surface area (Å²) in [5.41, 5.74) is 0.578. The molecule has 0 heterocycles. The van der Waals surface area contributed by atoms with E-state index in [2.05, 4.69) is 0 Å². The number of halogens is 2. The van der Waals surface area contributed by atoms with Crippen LogP contribution in [-0.2, 0) is 6.42 Å². The number of rotatable bonds is 5. The zero-order valence-corrected chi connectivity index (χ0v) is 12.4. The van der Waals surface area contributed by atoms with E-state index in [0.29, 0.717) is 22.1 Å². The van der Waals surface area contributed by atoms with Crippen LogP contribution in [0, 0.1) is 5.82 Å². The normalized spacial score (nSPS) is 10.3. The van der Waals surface area contributed by atoms with Crippen molar-refractivity contribution in [3.8, 4) is 11.5 Å². The summed E-state index contributed by atoms with van der Waals surface area (Å²) in [6.45, 7) is 0. The molecule has 2 aromatic rings. The van der Waals surface area contributed by atoms with E-state index in [1.54, 1.807) is 24.3 Å². The quantitative estimate of drug-likeness (QED) is 0.785. The molecule has 0 spiro atoms. The number of Topliss-reactive ketones (excluding diaryl/α,β-unsaturated/α-hetero) is 1. The first-order valence-electron chi connectivity index (χ1n) is 6.25. The molecule has 0 N–H and O–H groups in total. The fourth-order valence-electron chi connectivity index (χ4n) is 2.05. The number of carbonyl (C=O) groups excluding carboxylic acids is 1. The Bertz CT molecular complexity index is 648. The number of benzene rings is 2. The van der Waals surface area contributed by atoms with Gasteiger partial charge in [0.1, 0.15) is 22.9 Å².